The summed E-state index contributed by atoms with van der Waals surface area (Å²) >= 11 is -0.624. The van der Waals surface area contributed by atoms with E-state index in [1.165, 1.54) is 11.3 Å². The molecule has 0 fully saturated rings. The lowest BCUT2D eigenvalue weighted by molar-refractivity contribution is 0.563. The van der Waals surface area contributed by atoms with Crippen molar-refractivity contribution in [2.24, 2.45) is 0 Å². The van der Waals surface area contributed by atoms with Crippen molar-refractivity contribution in [3.63, 3.8) is 0 Å². The Morgan fingerprint density at radius 2 is 2.06 bits per heavy atom. The van der Waals surface area contributed by atoms with E-state index in [1.54, 1.807) is 0 Å². The zero-order chi connectivity index (χ0) is 11.5. The van der Waals surface area contributed by atoms with Crippen LogP contribution in [0.1, 0.15) is 5.01 Å². The van der Waals surface area contributed by atoms with Crippen molar-refractivity contribution in [2.45, 2.75) is 5.75 Å². The highest BCUT2D eigenvalue weighted by atomic mass is 32.2. The van der Waals surface area contributed by atoms with Crippen LogP contribution in [0.25, 0.3) is 11.3 Å². The first kappa shape index (κ1) is 11.3. The van der Waals surface area contributed by atoms with E-state index in [0.717, 1.165) is 5.56 Å². The fourth-order valence-electron chi connectivity index (χ4n) is 1.35. The topological polar surface area (TPSA) is 76.2 Å². The van der Waals surface area contributed by atoms with E-state index >= 15 is 0 Å². The second-order valence-corrected chi connectivity index (χ2v) is 5.20. The molecule has 0 saturated heterocycles. The summed E-state index contributed by atoms with van der Waals surface area (Å²) in [5.41, 5.74) is 7.43. The number of hydrogen-bond donors (Lipinski definition) is 2. The van der Waals surface area contributed by atoms with Crippen LogP contribution in [0.2, 0.25) is 0 Å². The van der Waals surface area contributed by atoms with E-state index in [4.69, 9.17) is 10.3 Å². The zero-order valence-corrected chi connectivity index (χ0v) is 9.92. The molecule has 0 aliphatic rings. The molecule has 1 heterocycles. The van der Waals surface area contributed by atoms with Gasteiger partial charge in [0.05, 0.1) is 0 Å². The van der Waals surface area contributed by atoms with E-state index in [-0.39, 0.29) is 5.75 Å². The van der Waals surface area contributed by atoms with Gasteiger partial charge in [0.2, 0.25) is 0 Å². The van der Waals surface area contributed by atoms with Gasteiger partial charge in [0.1, 0.15) is 21.5 Å². The lowest BCUT2D eigenvalue weighted by Gasteiger charge is -1.96. The van der Waals surface area contributed by atoms with Crippen LogP contribution in [0.15, 0.2) is 30.3 Å². The monoisotopic (exact) mass is 254 g/mol. The molecule has 0 aliphatic carbocycles. The third-order valence-electron chi connectivity index (χ3n) is 1.99. The molecule has 4 nitrogen and oxygen atoms in total. The Bertz CT molecular complexity index is 511. The summed E-state index contributed by atoms with van der Waals surface area (Å²) < 4.78 is 19.4. The van der Waals surface area contributed by atoms with Gasteiger partial charge in [-0.2, -0.15) is 0 Å². The molecule has 0 saturated carbocycles. The molecule has 0 amide bonds. The van der Waals surface area contributed by atoms with Gasteiger partial charge in [-0.3, -0.25) is 0 Å². The molecule has 1 aromatic heterocycles. The first-order chi connectivity index (χ1) is 7.66. The lowest BCUT2D eigenvalue weighted by Crippen LogP contribution is -1.91. The summed E-state index contributed by atoms with van der Waals surface area (Å²) in [6, 6.07) is 9.53. The number of thiazole rings is 1. The molecule has 6 heteroatoms. The molecule has 1 unspecified atom stereocenters. The van der Waals surface area contributed by atoms with Gasteiger partial charge in [-0.05, 0) is 0 Å². The van der Waals surface area contributed by atoms with Gasteiger partial charge < -0.3 is 10.3 Å². The van der Waals surface area contributed by atoms with Gasteiger partial charge >= 0.3 is 0 Å². The summed E-state index contributed by atoms with van der Waals surface area (Å²) in [4.78, 5) is 4.26. The lowest BCUT2D eigenvalue weighted by atomic mass is 10.2. The molecule has 16 heavy (non-hydrogen) atoms. The van der Waals surface area contributed by atoms with Gasteiger partial charge in [0.25, 0.3) is 0 Å². The van der Waals surface area contributed by atoms with Crippen molar-refractivity contribution in [3.8, 4) is 11.3 Å². The molecule has 0 bridgehead atoms. The quantitative estimate of drug-likeness (QED) is 0.822. The van der Waals surface area contributed by atoms with Crippen LogP contribution in [0.3, 0.4) is 0 Å². The van der Waals surface area contributed by atoms with Crippen LogP contribution in [-0.4, -0.2) is 13.7 Å². The maximum atomic E-state index is 10.7. The van der Waals surface area contributed by atoms with Gasteiger partial charge in [-0.15, -0.1) is 11.3 Å². The smallest absolute Gasteiger partial charge is 0.159 e. The number of benzene rings is 1. The molecule has 0 aliphatic heterocycles. The number of anilines is 1. The maximum Gasteiger partial charge on any atom is 0.159 e. The summed E-state index contributed by atoms with van der Waals surface area (Å²) in [7, 11) is 0. The molecule has 2 rings (SSSR count). The Labute approximate surface area is 99.4 Å². The van der Waals surface area contributed by atoms with Crippen molar-refractivity contribution < 1.29 is 8.76 Å². The van der Waals surface area contributed by atoms with Crippen molar-refractivity contribution in [3.05, 3.63) is 35.3 Å². The van der Waals surface area contributed by atoms with Crippen LogP contribution in [0, 0.1) is 0 Å². The molecular weight excluding hydrogens is 244 g/mol. The summed E-state index contributed by atoms with van der Waals surface area (Å²) in [6.45, 7) is 0. The minimum atomic E-state index is -1.88. The average molecular weight is 254 g/mol. The third kappa shape index (κ3) is 2.46. The fourth-order valence-corrected chi connectivity index (χ4v) is 2.81. The largest absolute Gasteiger partial charge is 0.389 e. The van der Waals surface area contributed by atoms with E-state index in [0.29, 0.717) is 15.7 Å². The molecule has 1 atom stereocenters. The van der Waals surface area contributed by atoms with Crippen molar-refractivity contribution >= 4 is 27.4 Å². The number of nitrogen functional groups attached to an aromatic ring is 1. The Balaban J connectivity index is 2.36. The standard InChI is InChI=1S/C10H10N2O2S2/c11-10-9(7-4-2-1-3-5-7)12-8(15-10)6-16(13)14/h1-5H,6,11H2,(H,13,14). The fraction of sp³-hybridized carbons (Fsp3) is 0.100. The average Bonchev–Trinajstić information content (AvgIpc) is 2.60. The van der Waals surface area contributed by atoms with E-state index in [1.807, 2.05) is 30.3 Å². The summed E-state index contributed by atoms with van der Waals surface area (Å²) in [5.74, 6) is 0.0295. The van der Waals surface area contributed by atoms with Crippen LogP contribution in [0.5, 0.6) is 0 Å². The van der Waals surface area contributed by atoms with E-state index in [9.17, 15) is 4.21 Å². The highest BCUT2D eigenvalue weighted by Gasteiger charge is 2.11. The van der Waals surface area contributed by atoms with Crippen LogP contribution in [-0.2, 0) is 16.8 Å². The second kappa shape index (κ2) is 4.73. The number of nitrogens with zero attached hydrogens (tertiary/aromatic N) is 1. The highest BCUT2D eigenvalue weighted by molar-refractivity contribution is 7.78. The first-order valence-corrected chi connectivity index (χ1v) is 6.64. The Hall–Kier alpha value is -1.24. The number of aromatic nitrogens is 1. The van der Waals surface area contributed by atoms with E-state index < -0.39 is 11.1 Å². The number of nitrogens with two attached hydrogens (primary N) is 1. The first-order valence-electron chi connectivity index (χ1n) is 4.55. The van der Waals surface area contributed by atoms with Crippen LogP contribution >= 0.6 is 11.3 Å². The SMILES string of the molecule is Nc1sc(CS(=O)O)nc1-c1ccccc1. The third-order valence-corrected chi connectivity index (χ3v) is 3.58. The molecule has 3 N–H and O–H groups in total. The predicted octanol–water partition coefficient (Wildman–Crippen LogP) is 2.11. The molecule has 1 aromatic carbocycles. The zero-order valence-electron chi connectivity index (χ0n) is 8.29. The summed E-state index contributed by atoms with van der Waals surface area (Å²) in [6.07, 6.45) is 0. The van der Waals surface area contributed by atoms with Crippen molar-refractivity contribution in [2.75, 3.05) is 5.73 Å². The molecule has 84 valence electrons. The van der Waals surface area contributed by atoms with Crippen molar-refractivity contribution in [1.29, 1.82) is 0 Å². The van der Waals surface area contributed by atoms with Crippen LogP contribution < -0.4 is 5.73 Å². The van der Waals surface area contributed by atoms with Gasteiger partial charge in [0, 0.05) is 5.56 Å². The molecule has 0 spiro atoms. The van der Waals surface area contributed by atoms with Gasteiger partial charge in [-0.1, -0.05) is 30.3 Å². The number of hydrogen-bond acceptors (Lipinski definition) is 4. The summed E-state index contributed by atoms with van der Waals surface area (Å²) in [5, 5.41) is 1.16. The molecular formula is C10H10N2O2S2. The number of rotatable bonds is 3. The van der Waals surface area contributed by atoms with Crippen molar-refractivity contribution in [1.82, 2.24) is 4.98 Å². The van der Waals surface area contributed by atoms with Crippen LogP contribution in [0.4, 0.5) is 5.00 Å². The highest BCUT2D eigenvalue weighted by Crippen LogP contribution is 2.30. The maximum absolute atomic E-state index is 10.7. The van der Waals surface area contributed by atoms with E-state index in [2.05, 4.69) is 4.98 Å². The molecule has 0 radical (unpaired) electrons. The minimum absolute atomic E-state index is 0.0295. The van der Waals surface area contributed by atoms with Gasteiger partial charge in [-0.25, -0.2) is 9.19 Å². The predicted molar refractivity (Wildman–Crippen MR) is 66.4 cm³/mol. The Morgan fingerprint density at radius 3 is 2.69 bits per heavy atom. The Kier molecular flexibility index (Phi) is 3.33. The second-order valence-electron chi connectivity index (χ2n) is 3.15. The Morgan fingerprint density at radius 1 is 1.38 bits per heavy atom. The normalized spacial score (nSPS) is 12.6. The van der Waals surface area contributed by atoms with Gasteiger partial charge in [0.15, 0.2) is 11.1 Å². The minimum Gasteiger partial charge on any atom is -0.389 e. The molecule has 2 aromatic rings.